The van der Waals surface area contributed by atoms with Crippen LogP contribution in [-0.2, 0) is 6.54 Å². The number of nitrogen functional groups attached to an aromatic ring is 1. The average Bonchev–Trinajstić information content (AvgIpc) is 2.95. The fraction of sp³-hybridized carbons (Fsp3) is 0.0909. The highest BCUT2D eigenvalue weighted by molar-refractivity contribution is 5.88. The van der Waals surface area contributed by atoms with Crippen LogP contribution in [0.5, 0.6) is 0 Å². The van der Waals surface area contributed by atoms with E-state index in [1.807, 2.05) is 12.1 Å². The van der Waals surface area contributed by atoms with Crippen molar-refractivity contribution in [1.82, 2.24) is 15.4 Å². The molecule has 0 amide bonds. The van der Waals surface area contributed by atoms with E-state index in [9.17, 15) is 0 Å². The first-order valence-corrected chi connectivity index (χ1v) is 5.19. The molecule has 2 aromatic heterocycles. The molecule has 3 aromatic rings. The molecule has 86 valence electrons. The zero-order valence-electron chi connectivity index (χ0n) is 8.97. The largest absolute Gasteiger partial charge is 0.397 e. The average molecular weight is 229 g/mol. The molecule has 0 unspecified atom stereocenters. The Morgan fingerprint density at radius 1 is 1.41 bits per heavy atom. The molecular weight excluding hydrogens is 218 g/mol. The predicted molar refractivity (Wildman–Crippen MR) is 64.3 cm³/mol. The minimum absolute atomic E-state index is 0.545. The number of anilines is 2. The van der Waals surface area contributed by atoms with Crippen molar-refractivity contribution in [3.8, 4) is 0 Å². The number of hydrogen-bond donors (Lipinski definition) is 3. The fourth-order valence-electron chi connectivity index (χ4n) is 1.68. The molecule has 17 heavy (non-hydrogen) atoms. The van der Waals surface area contributed by atoms with E-state index in [0.717, 1.165) is 22.4 Å². The Kier molecular flexibility index (Phi) is 2.18. The molecule has 0 aliphatic carbocycles. The minimum Gasteiger partial charge on any atom is -0.397 e. The monoisotopic (exact) mass is 229 g/mol. The van der Waals surface area contributed by atoms with Crippen LogP contribution in [0.1, 0.15) is 5.76 Å². The van der Waals surface area contributed by atoms with Gasteiger partial charge in [-0.2, -0.15) is 5.10 Å². The first-order chi connectivity index (χ1) is 8.33. The molecule has 0 radical (unpaired) electrons. The summed E-state index contributed by atoms with van der Waals surface area (Å²) >= 11 is 0. The maximum Gasteiger partial charge on any atom is 0.155 e. The third kappa shape index (κ3) is 1.80. The molecule has 0 saturated heterocycles. The Bertz CT molecular complexity index is 628. The van der Waals surface area contributed by atoms with Gasteiger partial charge in [-0.15, -0.1) is 0 Å². The number of fused-ring (bicyclic) bond motifs is 1. The van der Waals surface area contributed by atoms with Crippen LogP contribution in [0.4, 0.5) is 11.4 Å². The Balaban J connectivity index is 1.86. The van der Waals surface area contributed by atoms with Crippen LogP contribution in [-0.4, -0.2) is 15.4 Å². The standard InChI is InChI=1S/C11H11N5O/c12-9-3-7-5-14-16-10(7)4-11(9)13-6-8-1-2-15-17-8/h1-5,13H,6,12H2,(H,14,16). The van der Waals surface area contributed by atoms with Crippen LogP contribution < -0.4 is 11.1 Å². The topological polar surface area (TPSA) is 92.8 Å². The van der Waals surface area contributed by atoms with Crippen molar-refractivity contribution < 1.29 is 4.52 Å². The van der Waals surface area contributed by atoms with Gasteiger partial charge in [0.2, 0.25) is 0 Å². The molecule has 3 rings (SSSR count). The van der Waals surface area contributed by atoms with Gasteiger partial charge in [0.1, 0.15) is 0 Å². The van der Waals surface area contributed by atoms with E-state index < -0.39 is 0 Å². The van der Waals surface area contributed by atoms with Gasteiger partial charge in [0.25, 0.3) is 0 Å². The van der Waals surface area contributed by atoms with E-state index in [2.05, 4.69) is 20.7 Å². The van der Waals surface area contributed by atoms with Crippen LogP contribution in [0.2, 0.25) is 0 Å². The molecule has 0 bridgehead atoms. The Labute approximate surface area is 96.8 Å². The zero-order chi connectivity index (χ0) is 11.7. The molecule has 1 aromatic carbocycles. The smallest absolute Gasteiger partial charge is 0.155 e. The van der Waals surface area contributed by atoms with Gasteiger partial charge >= 0.3 is 0 Å². The first-order valence-electron chi connectivity index (χ1n) is 5.19. The summed E-state index contributed by atoms with van der Waals surface area (Å²) in [6, 6.07) is 5.60. The molecular formula is C11H11N5O. The number of rotatable bonds is 3. The van der Waals surface area contributed by atoms with Gasteiger partial charge < -0.3 is 15.6 Å². The number of nitrogens with zero attached hydrogens (tertiary/aromatic N) is 2. The Morgan fingerprint density at radius 2 is 2.35 bits per heavy atom. The zero-order valence-corrected chi connectivity index (χ0v) is 8.97. The third-order valence-corrected chi connectivity index (χ3v) is 2.55. The molecule has 0 aliphatic heterocycles. The lowest BCUT2D eigenvalue weighted by molar-refractivity contribution is 0.388. The maximum atomic E-state index is 5.93. The summed E-state index contributed by atoms with van der Waals surface area (Å²) in [4.78, 5) is 0. The van der Waals surface area contributed by atoms with Crippen molar-refractivity contribution >= 4 is 22.3 Å². The normalized spacial score (nSPS) is 10.8. The van der Waals surface area contributed by atoms with E-state index in [-0.39, 0.29) is 0 Å². The van der Waals surface area contributed by atoms with Gasteiger partial charge in [0, 0.05) is 11.5 Å². The molecule has 6 heteroatoms. The SMILES string of the molecule is Nc1cc2cn[nH]c2cc1NCc1ccno1. The number of H-pyrrole nitrogens is 1. The fourth-order valence-corrected chi connectivity index (χ4v) is 1.68. The molecule has 0 fully saturated rings. The Hall–Kier alpha value is -2.50. The summed E-state index contributed by atoms with van der Waals surface area (Å²) in [7, 11) is 0. The van der Waals surface area contributed by atoms with Crippen LogP contribution >= 0.6 is 0 Å². The minimum atomic E-state index is 0.545. The highest BCUT2D eigenvalue weighted by Gasteiger charge is 2.04. The van der Waals surface area contributed by atoms with Crippen molar-refractivity contribution in [2.75, 3.05) is 11.1 Å². The van der Waals surface area contributed by atoms with Crippen molar-refractivity contribution in [2.24, 2.45) is 0 Å². The van der Waals surface area contributed by atoms with Gasteiger partial charge in [0.15, 0.2) is 5.76 Å². The number of nitrogens with two attached hydrogens (primary N) is 1. The van der Waals surface area contributed by atoms with E-state index in [0.29, 0.717) is 12.2 Å². The van der Waals surface area contributed by atoms with Gasteiger partial charge in [-0.25, -0.2) is 0 Å². The predicted octanol–water partition coefficient (Wildman–Crippen LogP) is 1.75. The quantitative estimate of drug-likeness (QED) is 0.595. The van der Waals surface area contributed by atoms with Crippen molar-refractivity contribution in [3.05, 3.63) is 36.4 Å². The summed E-state index contributed by atoms with van der Waals surface area (Å²) in [5, 5.41) is 14.7. The maximum absolute atomic E-state index is 5.93. The highest BCUT2D eigenvalue weighted by Crippen LogP contribution is 2.24. The lowest BCUT2D eigenvalue weighted by Gasteiger charge is -2.07. The molecule has 0 aliphatic rings. The molecule has 0 atom stereocenters. The van der Waals surface area contributed by atoms with Gasteiger partial charge in [-0.05, 0) is 12.1 Å². The van der Waals surface area contributed by atoms with Crippen molar-refractivity contribution in [2.45, 2.75) is 6.54 Å². The molecule has 4 N–H and O–H groups in total. The van der Waals surface area contributed by atoms with Crippen LogP contribution in [0.3, 0.4) is 0 Å². The van der Waals surface area contributed by atoms with Gasteiger partial charge in [-0.1, -0.05) is 5.16 Å². The number of aromatic nitrogens is 3. The summed E-state index contributed by atoms with van der Waals surface area (Å²) in [5.74, 6) is 0.758. The summed E-state index contributed by atoms with van der Waals surface area (Å²) < 4.78 is 4.99. The van der Waals surface area contributed by atoms with E-state index in [1.54, 1.807) is 18.5 Å². The van der Waals surface area contributed by atoms with Crippen molar-refractivity contribution in [1.29, 1.82) is 0 Å². The second-order valence-corrected chi connectivity index (χ2v) is 3.73. The van der Waals surface area contributed by atoms with Gasteiger partial charge in [-0.3, -0.25) is 5.10 Å². The lowest BCUT2D eigenvalue weighted by Crippen LogP contribution is -2.01. The van der Waals surface area contributed by atoms with Crippen LogP contribution in [0.25, 0.3) is 10.9 Å². The summed E-state index contributed by atoms with van der Waals surface area (Å²) in [5.41, 5.74) is 8.40. The number of hydrogen-bond acceptors (Lipinski definition) is 5. The molecule has 2 heterocycles. The third-order valence-electron chi connectivity index (χ3n) is 2.55. The highest BCUT2D eigenvalue weighted by atomic mass is 16.5. The second-order valence-electron chi connectivity index (χ2n) is 3.73. The van der Waals surface area contributed by atoms with Crippen LogP contribution in [0.15, 0.2) is 35.1 Å². The Morgan fingerprint density at radius 3 is 3.18 bits per heavy atom. The van der Waals surface area contributed by atoms with Crippen molar-refractivity contribution in [3.63, 3.8) is 0 Å². The van der Waals surface area contributed by atoms with E-state index in [1.165, 1.54) is 0 Å². The first kappa shape index (κ1) is 9.71. The number of benzene rings is 1. The lowest BCUT2D eigenvalue weighted by atomic mass is 10.2. The van der Waals surface area contributed by atoms with E-state index in [4.69, 9.17) is 10.3 Å². The van der Waals surface area contributed by atoms with Gasteiger partial charge in [0.05, 0.1) is 35.8 Å². The molecule has 0 saturated carbocycles. The van der Waals surface area contributed by atoms with Crippen LogP contribution in [0, 0.1) is 0 Å². The number of nitrogens with one attached hydrogen (secondary N) is 2. The molecule has 6 nitrogen and oxygen atoms in total. The summed E-state index contributed by atoms with van der Waals surface area (Å²) in [6.07, 6.45) is 3.35. The molecule has 0 spiro atoms. The second kappa shape index (κ2) is 3.82. The van der Waals surface area contributed by atoms with E-state index >= 15 is 0 Å². The summed E-state index contributed by atoms with van der Waals surface area (Å²) in [6.45, 7) is 0.545. The number of aromatic amines is 1.